The molecule has 0 saturated heterocycles. The molecule has 0 amide bonds. The molecule has 0 bridgehead atoms. The van der Waals surface area contributed by atoms with Gasteiger partial charge in [0.15, 0.2) is 0 Å². The summed E-state index contributed by atoms with van der Waals surface area (Å²) in [5.74, 6) is 0.160. The maximum atomic E-state index is 14.0. The zero-order chi connectivity index (χ0) is 28.0. The highest BCUT2D eigenvalue weighted by Gasteiger charge is 2.32. The summed E-state index contributed by atoms with van der Waals surface area (Å²) >= 11 is 0. The SMILES string of the molecule is CC(C)(C)c1cc(CC(OP(O)F)c2cc(C(C)(C)C)cc(C(C)(C)C)c2O)c(O)c(C(C)(C)C)c1. The van der Waals surface area contributed by atoms with Gasteiger partial charge in [-0.2, -0.15) is 4.20 Å². The van der Waals surface area contributed by atoms with Crippen LogP contribution in [0.2, 0.25) is 0 Å². The highest BCUT2D eigenvalue weighted by Crippen LogP contribution is 2.48. The smallest absolute Gasteiger partial charge is 0.372 e. The Labute approximate surface area is 219 Å². The lowest BCUT2D eigenvalue weighted by molar-refractivity contribution is 0.183. The van der Waals surface area contributed by atoms with Crippen LogP contribution in [0.4, 0.5) is 4.20 Å². The second kappa shape index (κ2) is 10.2. The Kier molecular flexibility index (Phi) is 8.68. The third-order valence-corrected chi connectivity index (χ3v) is 7.07. The largest absolute Gasteiger partial charge is 0.507 e. The fraction of sp³-hybridized carbons (Fsp3) is 0.600. The molecule has 0 aliphatic rings. The van der Waals surface area contributed by atoms with Crippen molar-refractivity contribution in [3.05, 3.63) is 57.6 Å². The Morgan fingerprint density at radius 3 is 1.50 bits per heavy atom. The molecule has 2 atom stereocenters. The molecule has 2 rings (SSSR count). The first-order valence-electron chi connectivity index (χ1n) is 12.6. The Balaban J connectivity index is 2.83. The van der Waals surface area contributed by atoms with E-state index in [-0.39, 0.29) is 39.6 Å². The first-order valence-corrected chi connectivity index (χ1v) is 13.7. The van der Waals surface area contributed by atoms with E-state index in [1.807, 2.05) is 65.8 Å². The fourth-order valence-corrected chi connectivity index (χ4v) is 4.67. The van der Waals surface area contributed by atoms with Crippen LogP contribution in [0.25, 0.3) is 0 Å². The van der Waals surface area contributed by atoms with Crippen molar-refractivity contribution in [3.8, 4) is 11.5 Å². The monoisotopic (exact) mass is 520 g/mol. The zero-order valence-electron chi connectivity index (χ0n) is 24.2. The highest BCUT2D eigenvalue weighted by molar-refractivity contribution is 7.40. The van der Waals surface area contributed by atoms with Gasteiger partial charge in [0, 0.05) is 12.0 Å². The number of aromatic hydroxyl groups is 2. The molecule has 0 saturated carbocycles. The van der Waals surface area contributed by atoms with E-state index in [0.29, 0.717) is 11.1 Å². The van der Waals surface area contributed by atoms with E-state index < -0.39 is 14.8 Å². The molecule has 0 aromatic heterocycles. The first kappa shape index (κ1) is 30.5. The molecule has 0 heterocycles. The van der Waals surface area contributed by atoms with Gasteiger partial charge in [0.1, 0.15) is 11.5 Å². The highest BCUT2D eigenvalue weighted by atomic mass is 31.2. The molecule has 3 N–H and O–H groups in total. The molecule has 0 aliphatic carbocycles. The van der Waals surface area contributed by atoms with E-state index in [1.54, 1.807) is 0 Å². The average molecular weight is 521 g/mol. The summed E-state index contributed by atoms with van der Waals surface area (Å²) in [7, 11) is -3.21. The van der Waals surface area contributed by atoms with Crippen LogP contribution < -0.4 is 0 Å². The Morgan fingerprint density at radius 1 is 0.694 bits per heavy atom. The van der Waals surface area contributed by atoms with Crippen LogP contribution in [0.15, 0.2) is 24.3 Å². The molecule has 0 radical (unpaired) electrons. The second-order valence-electron chi connectivity index (χ2n) is 14.0. The Hall–Kier alpha value is -1.68. The molecule has 0 aliphatic heterocycles. The van der Waals surface area contributed by atoms with Crippen LogP contribution >= 0.6 is 8.69 Å². The van der Waals surface area contributed by atoms with Crippen LogP contribution in [-0.2, 0) is 32.6 Å². The molecular formula is C30H46FO4P. The molecule has 36 heavy (non-hydrogen) atoms. The molecule has 2 aromatic rings. The van der Waals surface area contributed by atoms with Gasteiger partial charge in [-0.1, -0.05) is 101 Å². The predicted octanol–water partition coefficient (Wildman–Crippen LogP) is 8.78. The number of hydrogen-bond acceptors (Lipinski definition) is 4. The number of hydrogen-bond donors (Lipinski definition) is 3. The summed E-state index contributed by atoms with van der Waals surface area (Å²) in [6, 6.07) is 7.78. The summed E-state index contributed by atoms with van der Waals surface area (Å²) < 4.78 is 19.5. The predicted molar refractivity (Wildman–Crippen MR) is 149 cm³/mol. The van der Waals surface area contributed by atoms with Gasteiger partial charge < -0.3 is 19.6 Å². The minimum atomic E-state index is -3.21. The van der Waals surface area contributed by atoms with Crippen LogP contribution in [0.3, 0.4) is 0 Å². The maximum Gasteiger partial charge on any atom is 0.372 e. The third kappa shape index (κ3) is 7.21. The van der Waals surface area contributed by atoms with Crippen LogP contribution in [0.5, 0.6) is 11.5 Å². The zero-order valence-corrected chi connectivity index (χ0v) is 25.1. The number of halogens is 1. The lowest BCUT2D eigenvalue weighted by Crippen LogP contribution is -2.20. The maximum absolute atomic E-state index is 14.0. The Morgan fingerprint density at radius 2 is 1.11 bits per heavy atom. The van der Waals surface area contributed by atoms with Gasteiger partial charge in [0.25, 0.3) is 0 Å². The van der Waals surface area contributed by atoms with Gasteiger partial charge in [-0.25, -0.2) is 0 Å². The van der Waals surface area contributed by atoms with Gasteiger partial charge >= 0.3 is 8.69 Å². The van der Waals surface area contributed by atoms with Gasteiger partial charge in [0.2, 0.25) is 0 Å². The van der Waals surface area contributed by atoms with Crippen LogP contribution in [-0.4, -0.2) is 15.1 Å². The number of phenols is 2. The van der Waals surface area contributed by atoms with E-state index in [1.165, 1.54) is 0 Å². The lowest BCUT2D eigenvalue weighted by Gasteiger charge is -2.31. The molecule has 4 nitrogen and oxygen atoms in total. The summed E-state index contributed by atoms with van der Waals surface area (Å²) in [6.07, 6.45) is -0.907. The second-order valence-corrected chi connectivity index (χ2v) is 14.7. The number of rotatable bonds is 5. The number of phenolic OH excluding ortho intramolecular Hbond substituents is 2. The van der Waals surface area contributed by atoms with Crippen molar-refractivity contribution in [1.29, 1.82) is 0 Å². The van der Waals surface area contributed by atoms with Gasteiger partial charge in [0.05, 0.1) is 6.10 Å². The average Bonchev–Trinajstić information content (AvgIpc) is 2.65. The summed E-state index contributed by atoms with van der Waals surface area (Å²) in [5.41, 5.74) is 3.39. The van der Waals surface area contributed by atoms with E-state index in [0.717, 1.165) is 22.3 Å². The quantitative estimate of drug-likeness (QED) is 0.345. The topological polar surface area (TPSA) is 69.9 Å². The Bertz CT molecular complexity index is 1080. The van der Waals surface area contributed by atoms with Crippen molar-refractivity contribution in [2.75, 3.05) is 0 Å². The van der Waals surface area contributed by atoms with Crippen molar-refractivity contribution in [2.45, 2.75) is 117 Å². The van der Waals surface area contributed by atoms with Gasteiger partial charge in [-0.05, 0) is 55.5 Å². The van der Waals surface area contributed by atoms with Crippen LogP contribution in [0.1, 0.15) is 123 Å². The first-order chi connectivity index (χ1) is 16.0. The van der Waals surface area contributed by atoms with E-state index in [9.17, 15) is 19.3 Å². The minimum Gasteiger partial charge on any atom is -0.507 e. The van der Waals surface area contributed by atoms with Crippen molar-refractivity contribution in [3.63, 3.8) is 0 Å². The van der Waals surface area contributed by atoms with Crippen LogP contribution in [0, 0.1) is 0 Å². The molecular weight excluding hydrogens is 474 g/mol. The van der Waals surface area contributed by atoms with Gasteiger partial charge in [-0.3, -0.25) is 0 Å². The third-order valence-electron chi connectivity index (χ3n) is 6.64. The van der Waals surface area contributed by atoms with E-state index in [2.05, 4.69) is 41.5 Å². The molecule has 6 heteroatoms. The molecule has 2 aromatic carbocycles. The lowest BCUT2D eigenvalue weighted by atomic mass is 9.77. The van der Waals surface area contributed by atoms with Gasteiger partial charge in [-0.15, -0.1) is 0 Å². The molecule has 0 fully saturated rings. The summed E-state index contributed by atoms with van der Waals surface area (Å²) in [5, 5.41) is 22.7. The standard InChI is InChI=1S/C30H46FO4P/c1-27(2,3)19-13-18(25(32)22(16-19)29(7,8)9)14-24(35-36(31)34)21-15-20(28(4,5)6)17-23(26(21)33)30(10,11)12/h13,15-17,24,32-34H,14H2,1-12H3. The van der Waals surface area contributed by atoms with Crippen molar-refractivity contribution < 1.29 is 23.8 Å². The van der Waals surface area contributed by atoms with E-state index in [4.69, 9.17) is 4.52 Å². The van der Waals surface area contributed by atoms with Crippen molar-refractivity contribution in [1.82, 2.24) is 0 Å². The summed E-state index contributed by atoms with van der Waals surface area (Å²) in [4.78, 5) is 9.68. The van der Waals surface area contributed by atoms with Crippen molar-refractivity contribution >= 4 is 8.69 Å². The van der Waals surface area contributed by atoms with Crippen molar-refractivity contribution in [2.24, 2.45) is 0 Å². The number of benzene rings is 2. The minimum absolute atomic E-state index is 0.0276. The van der Waals surface area contributed by atoms with E-state index >= 15 is 0 Å². The molecule has 2 unspecified atom stereocenters. The fourth-order valence-electron chi connectivity index (χ4n) is 4.27. The molecule has 202 valence electrons. The molecule has 0 spiro atoms. The summed E-state index contributed by atoms with van der Waals surface area (Å²) in [6.45, 7) is 24.7. The normalized spacial score (nSPS) is 15.2.